The summed E-state index contributed by atoms with van der Waals surface area (Å²) < 4.78 is 1.68. The van der Waals surface area contributed by atoms with E-state index in [2.05, 4.69) is 46.1 Å². The molecule has 6 heteroatoms. The number of piperidine rings is 2. The van der Waals surface area contributed by atoms with Crippen molar-refractivity contribution in [2.75, 3.05) is 37.6 Å². The Morgan fingerprint density at radius 2 is 1.86 bits per heavy atom. The van der Waals surface area contributed by atoms with Crippen LogP contribution in [0.5, 0.6) is 0 Å². The van der Waals surface area contributed by atoms with Crippen molar-refractivity contribution in [3.8, 4) is 0 Å². The second-order valence-corrected chi connectivity index (χ2v) is 8.55. The van der Waals surface area contributed by atoms with Crippen LogP contribution in [0.4, 0.5) is 5.69 Å². The van der Waals surface area contributed by atoms with Crippen LogP contribution < -0.4 is 10.5 Å². The van der Waals surface area contributed by atoms with Gasteiger partial charge in [0.05, 0.1) is 24.0 Å². The molecule has 2 saturated heterocycles. The van der Waals surface area contributed by atoms with Crippen LogP contribution >= 0.6 is 0 Å². The van der Waals surface area contributed by atoms with Crippen molar-refractivity contribution in [2.45, 2.75) is 51.2 Å². The molecule has 0 saturated carbocycles. The maximum Gasteiger partial charge on any atom is 0.269 e. The SMILES string of the molecule is Cc1ccc(CCN2CCC[C@H](n3ncc(N4CCC(O)CC4)cc3=O)C2)cc1. The lowest BCUT2D eigenvalue weighted by atomic mass is 10.0. The molecule has 0 unspecified atom stereocenters. The Balaban J connectivity index is 1.37. The number of aromatic nitrogens is 2. The maximum atomic E-state index is 12.8. The van der Waals surface area contributed by atoms with Crippen LogP contribution in [0.2, 0.25) is 0 Å². The first-order chi connectivity index (χ1) is 14.1. The van der Waals surface area contributed by atoms with Crippen LogP contribution in [0.1, 0.15) is 42.9 Å². The van der Waals surface area contributed by atoms with Crippen molar-refractivity contribution in [3.05, 3.63) is 58.0 Å². The van der Waals surface area contributed by atoms with Gasteiger partial charge >= 0.3 is 0 Å². The Hall–Kier alpha value is -2.18. The predicted molar refractivity (Wildman–Crippen MR) is 116 cm³/mol. The van der Waals surface area contributed by atoms with E-state index in [1.54, 1.807) is 10.7 Å². The van der Waals surface area contributed by atoms with Gasteiger partial charge in [-0.3, -0.25) is 4.79 Å². The molecular formula is C23H32N4O2. The monoisotopic (exact) mass is 396 g/mol. The van der Waals surface area contributed by atoms with Gasteiger partial charge in [-0.15, -0.1) is 0 Å². The van der Waals surface area contributed by atoms with E-state index in [4.69, 9.17) is 0 Å². The smallest absolute Gasteiger partial charge is 0.269 e. The lowest BCUT2D eigenvalue weighted by molar-refractivity contribution is 0.145. The molecular weight excluding hydrogens is 364 g/mol. The number of likely N-dealkylation sites (tertiary alicyclic amines) is 1. The Bertz CT molecular complexity index is 856. The van der Waals surface area contributed by atoms with Gasteiger partial charge in [0, 0.05) is 32.2 Å². The Kier molecular flexibility index (Phi) is 6.31. The van der Waals surface area contributed by atoms with Crippen LogP contribution in [0.15, 0.2) is 41.3 Å². The molecule has 6 nitrogen and oxygen atoms in total. The quantitative estimate of drug-likeness (QED) is 0.841. The van der Waals surface area contributed by atoms with Gasteiger partial charge in [-0.25, -0.2) is 4.68 Å². The van der Waals surface area contributed by atoms with Gasteiger partial charge in [0.1, 0.15) is 0 Å². The standard InChI is InChI=1S/C23H32N4O2/c1-18-4-6-19(7-5-18)8-12-25-11-2-3-20(17-25)27-23(29)15-21(16-24-27)26-13-9-22(28)10-14-26/h4-7,15-16,20,22,28H,2-3,8-14,17H2,1H3/t20-/m0/s1. The molecule has 0 bridgehead atoms. The lowest BCUT2D eigenvalue weighted by Gasteiger charge is -2.34. The Morgan fingerprint density at radius 1 is 1.10 bits per heavy atom. The van der Waals surface area contributed by atoms with E-state index in [0.717, 1.165) is 70.5 Å². The molecule has 29 heavy (non-hydrogen) atoms. The van der Waals surface area contributed by atoms with E-state index in [0.29, 0.717) is 0 Å². The van der Waals surface area contributed by atoms with Crippen LogP contribution in [0.25, 0.3) is 0 Å². The van der Waals surface area contributed by atoms with E-state index >= 15 is 0 Å². The molecule has 2 aromatic rings. The fourth-order valence-electron chi connectivity index (χ4n) is 4.46. The van der Waals surface area contributed by atoms with E-state index in [9.17, 15) is 9.90 Å². The minimum absolute atomic E-state index is 0.0148. The molecule has 4 rings (SSSR count). The number of nitrogens with zero attached hydrogens (tertiary/aromatic N) is 4. The highest BCUT2D eigenvalue weighted by Gasteiger charge is 2.24. The fourth-order valence-corrected chi connectivity index (χ4v) is 4.46. The van der Waals surface area contributed by atoms with Crippen molar-refractivity contribution in [3.63, 3.8) is 0 Å². The van der Waals surface area contributed by atoms with Gasteiger partial charge in [-0.1, -0.05) is 29.8 Å². The number of anilines is 1. The zero-order valence-electron chi connectivity index (χ0n) is 17.3. The molecule has 2 fully saturated rings. The van der Waals surface area contributed by atoms with Crippen molar-refractivity contribution >= 4 is 5.69 Å². The van der Waals surface area contributed by atoms with Gasteiger partial charge in [-0.05, 0) is 51.1 Å². The summed E-state index contributed by atoms with van der Waals surface area (Å²) in [7, 11) is 0. The fraction of sp³-hybridized carbons (Fsp3) is 0.565. The van der Waals surface area contributed by atoms with Crippen molar-refractivity contribution in [2.24, 2.45) is 0 Å². The maximum absolute atomic E-state index is 12.8. The molecule has 1 atom stereocenters. The first kappa shape index (κ1) is 20.1. The number of aryl methyl sites for hydroxylation is 1. The minimum Gasteiger partial charge on any atom is -0.393 e. The highest BCUT2D eigenvalue weighted by molar-refractivity contribution is 5.43. The third-order valence-corrected chi connectivity index (χ3v) is 6.31. The van der Waals surface area contributed by atoms with Crippen LogP contribution in [0, 0.1) is 6.92 Å². The predicted octanol–water partition coefficient (Wildman–Crippen LogP) is 2.39. The first-order valence-corrected chi connectivity index (χ1v) is 10.9. The average Bonchev–Trinajstić information content (AvgIpc) is 2.74. The third kappa shape index (κ3) is 5.06. The van der Waals surface area contributed by atoms with Crippen LogP contribution in [-0.4, -0.2) is 58.6 Å². The van der Waals surface area contributed by atoms with Crippen molar-refractivity contribution < 1.29 is 5.11 Å². The average molecular weight is 397 g/mol. The zero-order valence-corrected chi connectivity index (χ0v) is 17.3. The van der Waals surface area contributed by atoms with Gasteiger partial charge in [0.2, 0.25) is 0 Å². The number of aliphatic hydroxyl groups excluding tert-OH is 1. The van der Waals surface area contributed by atoms with Gasteiger partial charge < -0.3 is 14.9 Å². The first-order valence-electron chi connectivity index (χ1n) is 10.9. The second-order valence-electron chi connectivity index (χ2n) is 8.55. The summed E-state index contributed by atoms with van der Waals surface area (Å²) in [6.07, 6.45) is 6.25. The summed E-state index contributed by atoms with van der Waals surface area (Å²) >= 11 is 0. The number of hydrogen-bond acceptors (Lipinski definition) is 5. The highest BCUT2D eigenvalue weighted by atomic mass is 16.3. The summed E-state index contributed by atoms with van der Waals surface area (Å²) in [5.41, 5.74) is 3.52. The molecule has 0 radical (unpaired) electrons. The highest BCUT2D eigenvalue weighted by Crippen LogP contribution is 2.22. The number of aliphatic hydroxyl groups is 1. The molecule has 1 aromatic carbocycles. The number of rotatable bonds is 5. The van der Waals surface area contributed by atoms with Gasteiger partial charge in [-0.2, -0.15) is 5.10 Å². The normalized spacial score (nSPS) is 21.4. The zero-order chi connectivity index (χ0) is 20.2. The largest absolute Gasteiger partial charge is 0.393 e. The molecule has 2 aliphatic heterocycles. The molecule has 3 heterocycles. The van der Waals surface area contributed by atoms with Gasteiger partial charge in [0.25, 0.3) is 5.56 Å². The molecule has 2 aliphatic rings. The van der Waals surface area contributed by atoms with Crippen LogP contribution in [0.3, 0.4) is 0 Å². The Labute approximate surface area is 172 Å². The number of hydrogen-bond donors (Lipinski definition) is 1. The van der Waals surface area contributed by atoms with E-state index in [-0.39, 0.29) is 17.7 Å². The summed E-state index contributed by atoms with van der Waals surface area (Å²) in [5, 5.41) is 14.2. The van der Waals surface area contributed by atoms with Crippen LogP contribution in [-0.2, 0) is 6.42 Å². The van der Waals surface area contributed by atoms with E-state index in [1.165, 1.54) is 11.1 Å². The van der Waals surface area contributed by atoms with Crippen molar-refractivity contribution in [1.82, 2.24) is 14.7 Å². The second kappa shape index (κ2) is 9.09. The van der Waals surface area contributed by atoms with E-state index in [1.807, 2.05) is 6.20 Å². The lowest BCUT2D eigenvalue weighted by Crippen LogP contribution is -2.42. The molecule has 156 valence electrons. The number of benzene rings is 1. The summed E-state index contributed by atoms with van der Waals surface area (Å²) in [6.45, 7) is 6.66. The third-order valence-electron chi connectivity index (χ3n) is 6.31. The summed E-state index contributed by atoms with van der Waals surface area (Å²) in [6, 6.07) is 10.6. The molecule has 0 spiro atoms. The van der Waals surface area contributed by atoms with Gasteiger partial charge in [0.15, 0.2) is 0 Å². The molecule has 0 amide bonds. The summed E-state index contributed by atoms with van der Waals surface area (Å²) in [4.78, 5) is 17.4. The molecule has 1 N–H and O–H groups in total. The van der Waals surface area contributed by atoms with Crippen molar-refractivity contribution in [1.29, 1.82) is 0 Å². The molecule has 1 aromatic heterocycles. The minimum atomic E-state index is -0.215. The topological polar surface area (TPSA) is 61.6 Å². The van der Waals surface area contributed by atoms with E-state index < -0.39 is 0 Å². The summed E-state index contributed by atoms with van der Waals surface area (Å²) in [5.74, 6) is 0. The molecule has 0 aliphatic carbocycles. The Morgan fingerprint density at radius 3 is 2.59 bits per heavy atom.